The van der Waals surface area contributed by atoms with Gasteiger partial charge in [0, 0.05) is 41.3 Å². The van der Waals surface area contributed by atoms with Crippen LogP contribution in [0.15, 0.2) is 82.8 Å². The Hall–Kier alpha value is -4.72. The molecule has 5 aromatic heterocycles. The number of pyridine rings is 2. The molecule has 0 aliphatic heterocycles. The lowest BCUT2D eigenvalue weighted by Crippen LogP contribution is -2.11. The van der Waals surface area contributed by atoms with E-state index in [1.165, 1.54) is 6.33 Å². The van der Waals surface area contributed by atoms with Crippen molar-refractivity contribution in [2.75, 3.05) is 0 Å². The quantitative estimate of drug-likeness (QED) is 0.436. The number of furan rings is 1. The van der Waals surface area contributed by atoms with Gasteiger partial charge in [0.15, 0.2) is 16.9 Å². The molecule has 0 atom stereocenters. The van der Waals surface area contributed by atoms with Crippen molar-refractivity contribution in [3.63, 3.8) is 0 Å². The molecule has 0 spiro atoms. The summed E-state index contributed by atoms with van der Waals surface area (Å²) in [5.74, 6) is 1.33. The maximum Gasteiger partial charge on any atom is 0.217 e. The molecule has 0 unspecified atom stereocenters. The molecule has 0 bridgehead atoms. The predicted octanol–water partition coefficient (Wildman–Crippen LogP) is 4.56. The molecule has 0 aliphatic rings. The summed E-state index contributed by atoms with van der Waals surface area (Å²) < 4.78 is 5.87. The lowest BCUT2D eigenvalue weighted by molar-refractivity contribution is 0.546. The zero-order valence-electron chi connectivity index (χ0n) is 17.5. The highest BCUT2D eigenvalue weighted by Crippen LogP contribution is 2.32. The summed E-state index contributed by atoms with van der Waals surface area (Å²) >= 11 is 0. The number of rotatable bonds is 3. The van der Waals surface area contributed by atoms with Crippen molar-refractivity contribution in [1.29, 1.82) is 0 Å². The normalized spacial score (nSPS) is 11.3. The van der Waals surface area contributed by atoms with Crippen molar-refractivity contribution >= 4 is 22.1 Å². The van der Waals surface area contributed by atoms with E-state index in [2.05, 4.69) is 19.9 Å². The first-order valence-corrected chi connectivity index (χ1v) is 10.3. The van der Waals surface area contributed by atoms with E-state index in [4.69, 9.17) is 14.4 Å². The lowest BCUT2D eigenvalue weighted by atomic mass is 10.0. The topological polar surface area (TPSA) is 110 Å². The summed E-state index contributed by atoms with van der Waals surface area (Å²) in [6.45, 7) is 1.87. The summed E-state index contributed by atoms with van der Waals surface area (Å²) in [6.07, 6.45) is 7.96. The number of hydrogen-bond acceptors (Lipinski definition) is 7. The molecule has 1 N–H and O–H groups in total. The fourth-order valence-electron chi connectivity index (χ4n) is 3.84. The van der Waals surface area contributed by atoms with Gasteiger partial charge in [-0.1, -0.05) is 12.1 Å². The Morgan fingerprint density at radius 1 is 0.939 bits per heavy atom. The van der Waals surface area contributed by atoms with Crippen LogP contribution in [0, 0.1) is 6.92 Å². The Kier molecular flexibility index (Phi) is 4.29. The van der Waals surface area contributed by atoms with E-state index in [9.17, 15) is 4.79 Å². The third-order valence-electron chi connectivity index (χ3n) is 5.43. The van der Waals surface area contributed by atoms with E-state index in [0.717, 1.165) is 22.2 Å². The molecule has 0 radical (unpaired) electrons. The van der Waals surface area contributed by atoms with Crippen molar-refractivity contribution in [3.8, 4) is 33.8 Å². The molecule has 0 aliphatic carbocycles. The van der Waals surface area contributed by atoms with Crippen LogP contribution in [0.5, 0.6) is 0 Å². The van der Waals surface area contributed by atoms with E-state index < -0.39 is 0 Å². The second-order valence-corrected chi connectivity index (χ2v) is 7.60. The minimum atomic E-state index is -0.253. The van der Waals surface area contributed by atoms with Crippen LogP contribution in [0.3, 0.4) is 0 Å². The van der Waals surface area contributed by atoms with Gasteiger partial charge in [0.05, 0.1) is 11.1 Å². The second-order valence-electron chi connectivity index (χ2n) is 7.60. The highest BCUT2D eigenvalue weighted by molar-refractivity contribution is 5.89. The molecule has 6 aromatic rings. The fraction of sp³-hybridized carbons (Fsp3) is 0.0400. The summed E-state index contributed by atoms with van der Waals surface area (Å²) in [5.41, 5.74) is 4.15. The van der Waals surface area contributed by atoms with Crippen molar-refractivity contribution in [1.82, 2.24) is 29.9 Å². The fourth-order valence-corrected chi connectivity index (χ4v) is 3.84. The summed E-state index contributed by atoms with van der Waals surface area (Å²) in [7, 11) is 0. The molecule has 33 heavy (non-hydrogen) atoms. The molecule has 1 aromatic carbocycles. The number of aromatic nitrogens is 6. The highest BCUT2D eigenvalue weighted by Gasteiger charge is 2.19. The van der Waals surface area contributed by atoms with Gasteiger partial charge in [0.1, 0.15) is 23.5 Å². The number of aryl methyl sites for hydroxylation is 1. The summed E-state index contributed by atoms with van der Waals surface area (Å²) in [5, 5.41) is 0.961. The molecule has 8 heteroatoms. The Balaban J connectivity index is 1.65. The molecule has 0 fully saturated rings. The number of nitrogens with zero attached hydrogens (tertiary/aromatic N) is 5. The Bertz CT molecular complexity index is 1710. The van der Waals surface area contributed by atoms with Crippen molar-refractivity contribution in [2.45, 2.75) is 6.92 Å². The zero-order valence-corrected chi connectivity index (χ0v) is 17.5. The van der Waals surface area contributed by atoms with Gasteiger partial charge < -0.3 is 9.40 Å². The minimum absolute atomic E-state index is 0.227. The molecular formula is C25H16N6O2. The van der Waals surface area contributed by atoms with E-state index in [1.807, 2.05) is 49.4 Å². The van der Waals surface area contributed by atoms with Crippen LogP contribution in [0.1, 0.15) is 5.76 Å². The lowest BCUT2D eigenvalue weighted by Gasteiger charge is -2.10. The number of benzene rings is 1. The monoisotopic (exact) mass is 432 g/mol. The Labute approximate surface area is 187 Å². The first-order valence-electron chi connectivity index (χ1n) is 10.3. The van der Waals surface area contributed by atoms with Gasteiger partial charge in [-0.15, -0.1) is 0 Å². The van der Waals surface area contributed by atoms with Crippen LogP contribution < -0.4 is 5.43 Å². The van der Waals surface area contributed by atoms with Gasteiger partial charge in [-0.05, 0) is 37.3 Å². The molecule has 8 nitrogen and oxygen atoms in total. The Morgan fingerprint density at radius 3 is 2.64 bits per heavy atom. The van der Waals surface area contributed by atoms with Gasteiger partial charge in [-0.25, -0.2) is 19.9 Å². The molecule has 158 valence electrons. The predicted molar refractivity (Wildman–Crippen MR) is 124 cm³/mol. The number of aromatic amines is 1. The van der Waals surface area contributed by atoms with Gasteiger partial charge in [-0.2, -0.15) is 0 Å². The zero-order chi connectivity index (χ0) is 22.4. The first-order chi connectivity index (χ1) is 16.2. The van der Waals surface area contributed by atoms with Crippen LogP contribution in [-0.2, 0) is 0 Å². The highest BCUT2D eigenvalue weighted by atomic mass is 16.3. The van der Waals surface area contributed by atoms with Crippen LogP contribution in [-0.4, -0.2) is 29.9 Å². The van der Waals surface area contributed by atoms with E-state index in [0.29, 0.717) is 33.9 Å². The van der Waals surface area contributed by atoms with Crippen molar-refractivity contribution in [3.05, 3.63) is 89.6 Å². The number of H-pyrrole nitrogens is 1. The number of fused-ring (bicyclic) bond motifs is 2. The van der Waals surface area contributed by atoms with Gasteiger partial charge in [0.25, 0.3) is 0 Å². The average Bonchev–Trinajstić information content (AvgIpc) is 3.30. The maximum atomic E-state index is 13.4. The number of nitrogens with one attached hydrogen (secondary N) is 1. The van der Waals surface area contributed by atoms with Gasteiger partial charge in [0.2, 0.25) is 5.43 Å². The van der Waals surface area contributed by atoms with Crippen LogP contribution >= 0.6 is 0 Å². The van der Waals surface area contributed by atoms with E-state index >= 15 is 0 Å². The molecule has 0 saturated heterocycles. The second kappa shape index (κ2) is 7.45. The minimum Gasteiger partial charge on any atom is -0.460 e. The maximum absolute atomic E-state index is 13.4. The third-order valence-corrected chi connectivity index (χ3v) is 5.43. The van der Waals surface area contributed by atoms with Crippen molar-refractivity contribution in [2.24, 2.45) is 0 Å². The number of hydrogen-bond donors (Lipinski definition) is 1. The third kappa shape index (κ3) is 3.25. The largest absolute Gasteiger partial charge is 0.460 e. The summed E-state index contributed by atoms with van der Waals surface area (Å²) in [4.78, 5) is 38.4. The van der Waals surface area contributed by atoms with E-state index in [1.54, 1.807) is 24.8 Å². The van der Waals surface area contributed by atoms with E-state index in [-0.39, 0.29) is 10.9 Å². The van der Waals surface area contributed by atoms with Crippen LogP contribution in [0.25, 0.3) is 55.9 Å². The standard InChI is InChI=1S/C25H16N6O2/c1-14-4-7-20(33-14)22-21(16-5-6-19-15(9-16)3-2-8-28-19)30-23-24(32)18(12-29-25(23)31-22)17-10-26-13-27-11-17/h2-13H,1H3,(H,29,31,32). The molecular weight excluding hydrogens is 416 g/mol. The average molecular weight is 432 g/mol. The molecule has 0 saturated carbocycles. The smallest absolute Gasteiger partial charge is 0.217 e. The van der Waals surface area contributed by atoms with Crippen molar-refractivity contribution < 1.29 is 4.42 Å². The molecule has 5 heterocycles. The summed E-state index contributed by atoms with van der Waals surface area (Å²) in [6, 6.07) is 13.4. The van der Waals surface area contributed by atoms with Gasteiger partial charge in [-0.3, -0.25) is 9.78 Å². The molecule has 6 rings (SSSR count). The van der Waals surface area contributed by atoms with Crippen LogP contribution in [0.4, 0.5) is 0 Å². The Morgan fingerprint density at radius 2 is 1.82 bits per heavy atom. The SMILES string of the molecule is Cc1ccc(-c2nc3[nH]cc(-c4cncnc4)c(=O)c3nc2-c2ccc3ncccc3c2)o1. The van der Waals surface area contributed by atoms with Crippen LogP contribution in [0.2, 0.25) is 0 Å². The van der Waals surface area contributed by atoms with Gasteiger partial charge >= 0.3 is 0 Å². The molecule has 0 amide bonds. The first kappa shape index (κ1) is 19.0.